The number of hydrogen-bond acceptors (Lipinski definition) is 6. The third-order valence-corrected chi connectivity index (χ3v) is 2.76. The maximum atomic E-state index is 12.0. The zero-order valence-electron chi connectivity index (χ0n) is 13.8. The van der Waals surface area contributed by atoms with Gasteiger partial charge in [-0.25, -0.2) is 0 Å². The number of esters is 1. The fourth-order valence-corrected chi connectivity index (χ4v) is 1.70. The van der Waals surface area contributed by atoms with Gasteiger partial charge in [0.25, 0.3) is 5.91 Å². The molecule has 1 aromatic carbocycles. The first kappa shape index (κ1) is 19.6. The summed E-state index contributed by atoms with van der Waals surface area (Å²) in [5.74, 6) is -0.744. The molecule has 0 bridgehead atoms. The number of amides is 2. The van der Waals surface area contributed by atoms with Crippen molar-refractivity contribution in [2.75, 3.05) is 40.0 Å². The van der Waals surface area contributed by atoms with Gasteiger partial charge in [-0.1, -0.05) is 6.07 Å². The van der Waals surface area contributed by atoms with E-state index in [1.54, 1.807) is 25.3 Å². The standard InChI is InChI=1S/C16H22N2O6/c1-12(19)24-14-5-3-4-13(10-14)16(21)18-7-6-17-15(20)11-23-9-8-22-2/h3-5,10H,6-9,11H2,1-2H3,(H,17,20)(H,18,21). The van der Waals surface area contributed by atoms with Crippen LogP contribution in [0.1, 0.15) is 17.3 Å². The molecule has 2 amide bonds. The van der Waals surface area contributed by atoms with Gasteiger partial charge in [-0.05, 0) is 18.2 Å². The van der Waals surface area contributed by atoms with Crippen molar-refractivity contribution >= 4 is 17.8 Å². The molecule has 0 radical (unpaired) electrons. The summed E-state index contributed by atoms with van der Waals surface area (Å²) >= 11 is 0. The Labute approximate surface area is 140 Å². The molecule has 0 atom stereocenters. The quantitative estimate of drug-likeness (QED) is 0.357. The second-order valence-electron chi connectivity index (χ2n) is 4.77. The number of methoxy groups -OCH3 is 1. The first-order valence-electron chi connectivity index (χ1n) is 7.43. The second kappa shape index (κ2) is 11.1. The zero-order valence-corrected chi connectivity index (χ0v) is 13.8. The van der Waals surface area contributed by atoms with E-state index in [2.05, 4.69) is 10.6 Å². The number of carbonyl (C=O) groups is 3. The van der Waals surface area contributed by atoms with Crippen LogP contribution in [-0.4, -0.2) is 57.8 Å². The Hall–Kier alpha value is -2.45. The molecule has 0 heterocycles. The number of ether oxygens (including phenoxy) is 3. The molecule has 0 spiro atoms. The van der Waals surface area contributed by atoms with Crippen LogP contribution in [0, 0.1) is 0 Å². The van der Waals surface area contributed by atoms with Gasteiger partial charge in [0.1, 0.15) is 12.4 Å². The fourth-order valence-electron chi connectivity index (χ4n) is 1.70. The number of carbonyl (C=O) groups excluding carboxylic acids is 3. The summed E-state index contributed by atoms with van der Waals surface area (Å²) < 4.78 is 14.8. The van der Waals surface area contributed by atoms with Crippen molar-refractivity contribution in [3.8, 4) is 5.75 Å². The van der Waals surface area contributed by atoms with Gasteiger partial charge in [0.2, 0.25) is 5.91 Å². The summed E-state index contributed by atoms with van der Waals surface area (Å²) in [6.45, 7) is 2.55. The first-order valence-corrected chi connectivity index (χ1v) is 7.43. The minimum absolute atomic E-state index is 0.0538. The number of hydrogen-bond donors (Lipinski definition) is 2. The molecule has 2 N–H and O–H groups in total. The lowest BCUT2D eigenvalue weighted by Crippen LogP contribution is -2.36. The Morgan fingerprint density at radius 2 is 1.83 bits per heavy atom. The van der Waals surface area contributed by atoms with Crippen molar-refractivity contribution in [1.29, 1.82) is 0 Å². The third-order valence-electron chi connectivity index (χ3n) is 2.76. The van der Waals surface area contributed by atoms with Crippen molar-refractivity contribution in [2.24, 2.45) is 0 Å². The number of rotatable bonds is 10. The molecule has 0 aliphatic carbocycles. The molecule has 1 aromatic rings. The van der Waals surface area contributed by atoms with Crippen molar-refractivity contribution in [3.05, 3.63) is 29.8 Å². The zero-order chi connectivity index (χ0) is 17.8. The van der Waals surface area contributed by atoms with Gasteiger partial charge in [-0.2, -0.15) is 0 Å². The summed E-state index contributed by atoms with van der Waals surface area (Å²) in [6, 6.07) is 6.28. The Balaban J connectivity index is 2.26. The van der Waals surface area contributed by atoms with Crippen LogP contribution in [0.15, 0.2) is 24.3 Å². The molecule has 0 aliphatic rings. The highest BCUT2D eigenvalue weighted by molar-refractivity contribution is 5.94. The molecule has 0 saturated heterocycles. The molecular weight excluding hydrogens is 316 g/mol. The SMILES string of the molecule is COCCOCC(=O)NCCNC(=O)c1cccc(OC(C)=O)c1. The molecule has 0 unspecified atom stereocenters. The van der Waals surface area contributed by atoms with E-state index >= 15 is 0 Å². The summed E-state index contributed by atoms with van der Waals surface area (Å²) in [5.41, 5.74) is 0.364. The molecule has 0 aromatic heterocycles. The molecule has 24 heavy (non-hydrogen) atoms. The van der Waals surface area contributed by atoms with Gasteiger partial charge in [0, 0.05) is 32.7 Å². The van der Waals surface area contributed by atoms with E-state index in [0.717, 1.165) is 0 Å². The van der Waals surface area contributed by atoms with Crippen molar-refractivity contribution in [3.63, 3.8) is 0 Å². The minimum Gasteiger partial charge on any atom is -0.427 e. The molecular formula is C16H22N2O6. The largest absolute Gasteiger partial charge is 0.427 e. The van der Waals surface area contributed by atoms with E-state index in [0.29, 0.717) is 24.5 Å². The van der Waals surface area contributed by atoms with E-state index in [1.165, 1.54) is 13.0 Å². The monoisotopic (exact) mass is 338 g/mol. The highest BCUT2D eigenvalue weighted by atomic mass is 16.5. The van der Waals surface area contributed by atoms with Crippen LogP contribution in [0.5, 0.6) is 5.75 Å². The smallest absolute Gasteiger partial charge is 0.308 e. The van der Waals surface area contributed by atoms with Crippen LogP contribution < -0.4 is 15.4 Å². The van der Waals surface area contributed by atoms with Gasteiger partial charge >= 0.3 is 5.97 Å². The lowest BCUT2D eigenvalue weighted by molar-refractivity contribution is -0.132. The maximum absolute atomic E-state index is 12.0. The molecule has 8 heteroatoms. The van der Waals surface area contributed by atoms with E-state index in [9.17, 15) is 14.4 Å². The van der Waals surface area contributed by atoms with Gasteiger partial charge in [0.15, 0.2) is 0 Å². The van der Waals surface area contributed by atoms with Gasteiger partial charge in [-0.3, -0.25) is 14.4 Å². The average molecular weight is 338 g/mol. The Kier molecular flexibility index (Phi) is 9.10. The van der Waals surface area contributed by atoms with Crippen LogP contribution >= 0.6 is 0 Å². The van der Waals surface area contributed by atoms with Gasteiger partial charge < -0.3 is 24.8 Å². The maximum Gasteiger partial charge on any atom is 0.308 e. The fraction of sp³-hybridized carbons (Fsp3) is 0.438. The van der Waals surface area contributed by atoms with E-state index < -0.39 is 5.97 Å². The molecule has 0 aliphatic heterocycles. The summed E-state index contributed by atoms with van der Waals surface area (Å²) in [6.07, 6.45) is 0. The Morgan fingerprint density at radius 3 is 2.54 bits per heavy atom. The molecule has 0 fully saturated rings. The lowest BCUT2D eigenvalue weighted by Gasteiger charge is -2.08. The van der Waals surface area contributed by atoms with E-state index in [1.807, 2.05) is 0 Å². The Bertz CT molecular complexity index is 561. The number of nitrogens with one attached hydrogen (secondary N) is 2. The van der Waals surface area contributed by atoms with Gasteiger partial charge in [-0.15, -0.1) is 0 Å². The minimum atomic E-state index is -0.456. The number of benzene rings is 1. The first-order chi connectivity index (χ1) is 11.5. The lowest BCUT2D eigenvalue weighted by atomic mass is 10.2. The topological polar surface area (TPSA) is 103 Å². The normalized spacial score (nSPS) is 10.1. The van der Waals surface area contributed by atoms with Crippen LogP contribution in [0.3, 0.4) is 0 Å². The predicted molar refractivity (Wildman–Crippen MR) is 85.8 cm³/mol. The van der Waals surface area contributed by atoms with Crippen LogP contribution in [-0.2, 0) is 19.1 Å². The summed E-state index contributed by atoms with van der Waals surface area (Å²) in [5, 5.41) is 5.27. The average Bonchev–Trinajstić information content (AvgIpc) is 2.55. The molecule has 0 saturated carbocycles. The van der Waals surface area contributed by atoms with Crippen LogP contribution in [0.2, 0.25) is 0 Å². The highest BCUT2D eigenvalue weighted by Gasteiger charge is 2.07. The Morgan fingerprint density at radius 1 is 1.08 bits per heavy atom. The van der Waals surface area contributed by atoms with E-state index in [4.69, 9.17) is 14.2 Å². The van der Waals surface area contributed by atoms with Crippen LogP contribution in [0.4, 0.5) is 0 Å². The summed E-state index contributed by atoms with van der Waals surface area (Å²) in [4.78, 5) is 34.3. The highest BCUT2D eigenvalue weighted by Crippen LogP contribution is 2.13. The molecule has 8 nitrogen and oxygen atoms in total. The molecule has 1 rings (SSSR count). The van der Waals surface area contributed by atoms with Crippen molar-refractivity contribution in [2.45, 2.75) is 6.92 Å². The third kappa shape index (κ3) is 8.25. The van der Waals surface area contributed by atoms with Crippen LogP contribution in [0.25, 0.3) is 0 Å². The second-order valence-corrected chi connectivity index (χ2v) is 4.77. The van der Waals surface area contributed by atoms with Gasteiger partial charge in [0.05, 0.1) is 13.2 Å². The summed E-state index contributed by atoms with van der Waals surface area (Å²) in [7, 11) is 1.55. The van der Waals surface area contributed by atoms with E-state index in [-0.39, 0.29) is 31.5 Å². The predicted octanol–water partition coefficient (Wildman–Crippen LogP) is 0.121. The molecule has 132 valence electrons. The van der Waals surface area contributed by atoms with Crippen molar-refractivity contribution in [1.82, 2.24) is 10.6 Å². The van der Waals surface area contributed by atoms with Crippen molar-refractivity contribution < 1.29 is 28.6 Å².